The smallest absolute Gasteiger partial charge is 0.230 e. The van der Waals surface area contributed by atoms with Crippen LogP contribution in [0.25, 0.3) is 22.2 Å². The van der Waals surface area contributed by atoms with Crippen molar-refractivity contribution in [3.05, 3.63) is 64.2 Å². The highest BCUT2D eigenvalue weighted by Gasteiger charge is 2.54. The third-order valence-electron chi connectivity index (χ3n) is 9.34. The number of carbonyl (C=O) groups is 1. The molecule has 0 radical (unpaired) electrons. The van der Waals surface area contributed by atoms with E-state index >= 15 is 4.39 Å². The summed E-state index contributed by atoms with van der Waals surface area (Å²) in [6, 6.07) is 11.5. The molecule has 0 saturated carbocycles. The minimum Gasteiger partial charge on any atom is -0.387 e. The minimum atomic E-state index is -0.799. The average Bonchev–Trinajstić information content (AvgIpc) is 3.53. The summed E-state index contributed by atoms with van der Waals surface area (Å²) in [5.74, 6) is -0.712. The number of benzene rings is 2. The zero-order chi connectivity index (χ0) is 30.3. The number of nitrogens with zero attached hydrogens (tertiary/aromatic N) is 6. The summed E-state index contributed by atoms with van der Waals surface area (Å²) in [5.41, 5.74) is 3.99. The molecule has 1 unspecified atom stereocenters. The molecule has 5 heterocycles. The summed E-state index contributed by atoms with van der Waals surface area (Å²) >= 11 is 1.20. The largest absolute Gasteiger partial charge is 0.387 e. The molecule has 1 N–H and O–H groups in total. The summed E-state index contributed by atoms with van der Waals surface area (Å²) in [4.78, 5) is 28.2. The first kappa shape index (κ1) is 27.4. The zero-order valence-electron chi connectivity index (χ0n) is 23.9. The summed E-state index contributed by atoms with van der Waals surface area (Å²) in [6.07, 6.45) is 0.245. The van der Waals surface area contributed by atoms with Crippen LogP contribution in [0.15, 0.2) is 36.4 Å². The van der Waals surface area contributed by atoms with Crippen molar-refractivity contribution in [3.8, 4) is 17.3 Å². The van der Waals surface area contributed by atoms with Gasteiger partial charge in [0.2, 0.25) is 5.91 Å². The van der Waals surface area contributed by atoms with E-state index in [2.05, 4.69) is 16.0 Å². The van der Waals surface area contributed by atoms with Crippen LogP contribution in [0.3, 0.4) is 0 Å². The maximum absolute atomic E-state index is 15.8. The van der Waals surface area contributed by atoms with E-state index in [4.69, 9.17) is 9.72 Å². The molecule has 1 aliphatic carbocycles. The van der Waals surface area contributed by atoms with Crippen molar-refractivity contribution in [3.63, 3.8) is 0 Å². The van der Waals surface area contributed by atoms with Gasteiger partial charge in [-0.2, -0.15) is 5.26 Å². The standard InChI is InChI=1S/C32H28F2N6O3S/c1-38(31-37-26(25(10-35)44-31)17-2-4-19(33)5-3-17)29-21-6-7-24(41)28(21)36-27-22(29)8-20(9-23(27)34)39-13-32(14-39)15-40(16-32)30(42)18-11-43-12-18/h2-5,8-9,18,24,41H,6-7,11-16H2,1H3. The average molecular weight is 615 g/mol. The van der Waals surface area contributed by atoms with Crippen molar-refractivity contribution in [2.24, 2.45) is 11.3 Å². The Kier molecular flexibility index (Phi) is 6.17. The Labute approximate surface area is 255 Å². The van der Waals surface area contributed by atoms with Gasteiger partial charge in [0.1, 0.15) is 28.0 Å². The van der Waals surface area contributed by atoms with E-state index in [9.17, 15) is 19.6 Å². The normalized spacial score (nSPS) is 20.2. The fourth-order valence-electron chi connectivity index (χ4n) is 6.99. The van der Waals surface area contributed by atoms with Gasteiger partial charge in [-0.1, -0.05) is 11.3 Å². The quantitative estimate of drug-likeness (QED) is 0.349. The number of hydrogen-bond donors (Lipinski definition) is 1. The van der Waals surface area contributed by atoms with Crippen molar-refractivity contribution < 1.29 is 23.4 Å². The van der Waals surface area contributed by atoms with Crippen LogP contribution in [0, 0.1) is 34.3 Å². The number of hydrogen-bond acceptors (Lipinski definition) is 9. The number of likely N-dealkylation sites (tertiary alicyclic amines) is 1. The number of thiazole rings is 1. The van der Waals surface area contributed by atoms with E-state index in [0.29, 0.717) is 77.2 Å². The van der Waals surface area contributed by atoms with Gasteiger partial charge in [-0.15, -0.1) is 0 Å². The van der Waals surface area contributed by atoms with Gasteiger partial charge in [-0.25, -0.2) is 18.7 Å². The summed E-state index contributed by atoms with van der Waals surface area (Å²) in [7, 11) is 1.82. The van der Waals surface area contributed by atoms with Crippen molar-refractivity contribution in [1.82, 2.24) is 14.9 Å². The molecule has 9 nitrogen and oxygen atoms in total. The number of amides is 1. The number of nitriles is 1. The number of ether oxygens (including phenoxy) is 1. The lowest BCUT2D eigenvalue weighted by Crippen LogP contribution is -2.74. The van der Waals surface area contributed by atoms with Gasteiger partial charge in [0.05, 0.1) is 36.6 Å². The van der Waals surface area contributed by atoms with Crippen LogP contribution >= 0.6 is 11.3 Å². The van der Waals surface area contributed by atoms with Crippen LogP contribution in [-0.4, -0.2) is 72.3 Å². The number of rotatable bonds is 5. The number of aromatic nitrogens is 2. The minimum absolute atomic E-state index is 0.0184. The molecule has 3 fully saturated rings. The molecule has 12 heteroatoms. The summed E-state index contributed by atoms with van der Waals surface area (Å²) < 4.78 is 34.6. The Morgan fingerprint density at radius 1 is 1.16 bits per heavy atom. The number of anilines is 3. The van der Waals surface area contributed by atoms with Crippen LogP contribution < -0.4 is 9.80 Å². The molecule has 4 aromatic rings. The van der Waals surface area contributed by atoms with Crippen LogP contribution in [0.1, 0.15) is 28.7 Å². The second-order valence-corrected chi connectivity index (χ2v) is 13.3. The van der Waals surface area contributed by atoms with Crippen molar-refractivity contribution in [1.29, 1.82) is 5.26 Å². The molecule has 0 bridgehead atoms. The molecule has 3 saturated heterocycles. The lowest BCUT2D eigenvalue weighted by atomic mass is 9.72. The molecular weight excluding hydrogens is 586 g/mol. The van der Waals surface area contributed by atoms with E-state index in [-0.39, 0.29) is 28.6 Å². The molecule has 8 rings (SSSR count). The highest BCUT2D eigenvalue weighted by molar-refractivity contribution is 7.16. The first-order chi connectivity index (χ1) is 21.2. The highest BCUT2D eigenvalue weighted by atomic mass is 32.1. The van der Waals surface area contributed by atoms with Crippen LogP contribution in [0.2, 0.25) is 0 Å². The third kappa shape index (κ3) is 4.17. The van der Waals surface area contributed by atoms with Gasteiger partial charge < -0.3 is 24.5 Å². The molecule has 2 aromatic carbocycles. The zero-order valence-corrected chi connectivity index (χ0v) is 24.7. The maximum atomic E-state index is 15.8. The van der Waals surface area contributed by atoms with Crippen molar-refractivity contribution in [2.75, 3.05) is 56.2 Å². The molecule has 1 amide bonds. The fraction of sp³-hybridized carbons (Fsp3) is 0.375. The molecule has 2 aromatic heterocycles. The fourth-order valence-corrected chi connectivity index (χ4v) is 7.84. The molecular formula is C32H28F2N6O3S. The monoisotopic (exact) mass is 614 g/mol. The van der Waals surface area contributed by atoms with Gasteiger partial charge in [0.15, 0.2) is 10.9 Å². The van der Waals surface area contributed by atoms with Crippen LogP contribution in [-0.2, 0) is 16.0 Å². The first-order valence-corrected chi connectivity index (χ1v) is 15.4. The first-order valence-electron chi connectivity index (χ1n) is 14.6. The van der Waals surface area contributed by atoms with E-state index in [1.165, 1.54) is 29.5 Å². The van der Waals surface area contributed by atoms with Gasteiger partial charge >= 0.3 is 0 Å². The van der Waals surface area contributed by atoms with Gasteiger partial charge in [0, 0.05) is 60.8 Å². The number of aliphatic hydroxyl groups is 1. The number of fused-ring (bicyclic) bond motifs is 2. The van der Waals surface area contributed by atoms with Crippen LogP contribution in [0.4, 0.5) is 25.3 Å². The van der Waals surface area contributed by atoms with Gasteiger partial charge in [-0.05, 0) is 49.2 Å². The second kappa shape index (κ2) is 9.92. The molecule has 4 aliphatic rings. The summed E-state index contributed by atoms with van der Waals surface area (Å²) in [5, 5.41) is 21.7. The molecule has 1 atom stereocenters. The predicted molar refractivity (Wildman–Crippen MR) is 161 cm³/mol. The Morgan fingerprint density at radius 3 is 2.59 bits per heavy atom. The second-order valence-electron chi connectivity index (χ2n) is 12.3. The van der Waals surface area contributed by atoms with Crippen molar-refractivity contribution >= 4 is 44.7 Å². The molecule has 3 aliphatic heterocycles. The van der Waals surface area contributed by atoms with Gasteiger partial charge in [-0.3, -0.25) is 4.79 Å². The summed E-state index contributed by atoms with van der Waals surface area (Å²) in [6.45, 7) is 3.87. The Hall–Kier alpha value is -4.18. The van der Waals surface area contributed by atoms with E-state index in [1.807, 2.05) is 22.9 Å². The number of carbonyl (C=O) groups excluding carboxylic acids is 1. The Morgan fingerprint density at radius 2 is 1.91 bits per heavy atom. The lowest BCUT2D eigenvalue weighted by Gasteiger charge is -2.61. The Balaban J connectivity index is 1.14. The van der Waals surface area contributed by atoms with E-state index in [0.717, 1.165) is 24.3 Å². The SMILES string of the molecule is CN(c1nc(-c2ccc(F)cc2)c(C#N)s1)c1c2c(nc3c(F)cc(N4CC5(CN(C(=O)C6COC6)C5)C4)cc13)C(O)CC2. The predicted octanol–water partition coefficient (Wildman–Crippen LogP) is 4.55. The molecule has 1 spiro atoms. The number of aliphatic hydroxyl groups excluding tert-OH is 1. The number of halogens is 2. The molecule has 44 heavy (non-hydrogen) atoms. The highest BCUT2D eigenvalue weighted by Crippen LogP contribution is 2.48. The van der Waals surface area contributed by atoms with E-state index in [1.54, 1.807) is 12.1 Å². The lowest BCUT2D eigenvalue weighted by molar-refractivity contribution is -0.163. The van der Waals surface area contributed by atoms with Crippen molar-refractivity contribution in [2.45, 2.75) is 18.9 Å². The van der Waals surface area contributed by atoms with Crippen LogP contribution in [0.5, 0.6) is 0 Å². The van der Waals surface area contributed by atoms with E-state index < -0.39 is 11.9 Å². The van der Waals surface area contributed by atoms with Gasteiger partial charge in [0.25, 0.3) is 0 Å². The number of pyridine rings is 1. The maximum Gasteiger partial charge on any atom is 0.230 e. The topological polar surface area (TPSA) is 106 Å². The molecule has 224 valence electrons. The Bertz CT molecular complexity index is 1870. The third-order valence-corrected chi connectivity index (χ3v) is 10.4.